The predicted octanol–water partition coefficient (Wildman–Crippen LogP) is 2.12. The topological polar surface area (TPSA) is 114 Å². The highest BCUT2D eigenvalue weighted by Crippen LogP contribution is 2.24. The number of hydrogen-bond acceptors (Lipinski definition) is 7. The van der Waals surface area contributed by atoms with E-state index in [1.54, 1.807) is 18.3 Å². The van der Waals surface area contributed by atoms with Gasteiger partial charge in [0.05, 0.1) is 23.2 Å². The summed E-state index contributed by atoms with van der Waals surface area (Å²) in [6.07, 6.45) is 5.18. The maximum absolute atomic E-state index is 12.7. The second-order valence-corrected chi connectivity index (χ2v) is 6.44. The van der Waals surface area contributed by atoms with Crippen molar-refractivity contribution in [3.63, 3.8) is 0 Å². The molecule has 0 saturated carbocycles. The van der Waals surface area contributed by atoms with Gasteiger partial charge in [-0.1, -0.05) is 12.1 Å². The molecule has 1 aliphatic carbocycles. The van der Waals surface area contributed by atoms with E-state index in [0.717, 1.165) is 55.7 Å². The lowest BCUT2D eigenvalue weighted by molar-refractivity contribution is 0.102. The van der Waals surface area contributed by atoms with Crippen molar-refractivity contribution >= 4 is 17.3 Å². The van der Waals surface area contributed by atoms with Crippen molar-refractivity contribution in [2.45, 2.75) is 32.6 Å². The maximum Gasteiger partial charge on any atom is 0.276 e. The molecule has 9 heteroatoms. The van der Waals surface area contributed by atoms with Crippen LogP contribution >= 0.6 is 0 Å². The normalized spacial score (nSPS) is 14.6. The van der Waals surface area contributed by atoms with Gasteiger partial charge in [0, 0.05) is 18.3 Å². The summed E-state index contributed by atoms with van der Waals surface area (Å²) in [5.41, 5.74) is 3.26. The Labute approximate surface area is 163 Å². The molecular formula is C19H26N6O3. The zero-order valence-corrected chi connectivity index (χ0v) is 16.2. The zero-order chi connectivity index (χ0) is 19.8. The first-order chi connectivity index (χ1) is 13.7. The van der Waals surface area contributed by atoms with E-state index in [-0.39, 0.29) is 5.91 Å². The third-order valence-corrected chi connectivity index (χ3v) is 4.34. The highest BCUT2D eigenvalue weighted by Gasteiger charge is 2.27. The Hall–Kier alpha value is -2.94. The van der Waals surface area contributed by atoms with Crippen LogP contribution in [-0.4, -0.2) is 53.6 Å². The molecule has 28 heavy (non-hydrogen) atoms. The van der Waals surface area contributed by atoms with Gasteiger partial charge >= 0.3 is 0 Å². The average molecular weight is 386 g/mol. The Morgan fingerprint density at radius 2 is 2.21 bits per heavy atom. The largest absolute Gasteiger partial charge is 0.476 e. The van der Waals surface area contributed by atoms with Crippen LogP contribution < -0.4 is 15.4 Å². The number of nitrogens with zero attached hydrogens (tertiary/aromatic N) is 3. The number of amides is 1. The fourth-order valence-corrected chi connectivity index (χ4v) is 3.05. The van der Waals surface area contributed by atoms with Crippen LogP contribution in [0.15, 0.2) is 23.5 Å². The minimum atomic E-state index is -0.317. The summed E-state index contributed by atoms with van der Waals surface area (Å²) in [6.45, 7) is 4.39. The number of anilines is 1. The standard InChI is InChI=1S/C19H26N6O3/c1-3-9-20-10-11-28-16-8-7-13(12-21-16)22-19(26)18-17-14(23-24-18)5-4-6-15(17)25-27-2/h7-8,12,20H,3-6,9-11H2,1-2H3,(H,22,26)(H,23,24)/b25-15+. The summed E-state index contributed by atoms with van der Waals surface area (Å²) in [6, 6.07) is 3.48. The average Bonchev–Trinajstić information content (AvgIpc) is 3.15. The van der Waals surface area contributed by atoms with E-state index in [1.165, 1.54) is 7.11 Å². The monoisotopic (exact) mass is 386 g/mol. The van der Waals surface area contributed by atoms with Crippen molar-refractivity contribution in [3.05, 3.63) is 35.3 Å². The van der Waals surface area contributed by atoms with Gasteiger partial charge in [-0.25, -0.2) is 4.98 Å². The number of hydrogen-bond donors (Lipinski definition) is 3. The second kappa shape index (κ2) is 9.84. The van der Waals surface area contributed by atoms with Gasteiger partial charge in [0.1, 0.15) is 13.7 Å². The van der Waals surface area contributed by atoms with E-state index < -0.39 is 0 Å². The van der Waals surface area contributed by atoms with E-state index in [4.69, 9.17) is 9.57 Å². The highest BCUT2D eigenvalue weighted by molar-refractivity contribution is 6.13. The summed E-state index contributed by atoms with van der Waals surface area (Å²) in [4.78, 5) is 21.8. The number of aryl methyl sites for hydroxylation is 1. The zero-order valence-electron chi connectivity index (χ0n) is 16.2. The van der Waals surface area contributed by atoms with Crippen molar-refractivity contribution < 1.29 is 14.4 Å². The van der Waals surface area contributed by atoms with Crippen molar-refractivity contribution in [1.29, 1.82) is 0 Å². The van der Waals surface area contributed by atoms with Gasteiger partial charge in [0.25, 0.3) is 5.91 Å². The van der Waals surface area contributed by atoms with Crippen molar-refractivity contribution in [2.24, 2.45) is 5.16 Å². The van der Waals surface area contributed by atoms with Crippen LogP contribution in [0.25, 0.3) is 0 Å². The number of fused-ring (bicyclic) bond motifs is 1. The molecule has 1 amide bonds. The second-order valence-electron chi connectivity index (χ2n) is 6.44. The lowest BCUT2D eigenvalue weighted by Crippen LogP contribution is -2.21. The SMILES string of the molecule is CCCNCCOc1ccc(NC(=O)c2n[nH]c3c2/C(=N/OC)CCC3)cn1. The molecule has 2 aromatic heterocycles. The highest BCUT2D eigenvalue weighted by atomic mass is 16.6. The van der Waals surface area contributed by atoms with Gasteiger partial charge in [0.2, 0.25) is 5.88 Å². The Balaban J connectivity index is 1.61. The molecule has 0 fully saturated rings. The third kappa shape index (κ3) is 4.86. The number of carbonyl (C=O) groups excluding carboxylic acids is 1. The van der Waals surface area contributed by atoms with Gasteiger partial charge in [-0.3, -0.25) is 9.89 Å². The Kier molecular flexibility index (Phi) is 6.96. The minimum absolute atomic E-state index is 0.313. The number of nitrogens with one attached hydrogen (secondary N) is 3. The minimum Gasteiger partial charge on any atom is -0.476 e. The van der Waals surface area contributed by atoms with Crippen LogP contribution in [0, 0.1) is 0 Å². The van der Waals surface area contributed by atoms with Crippen LogP contribution in [-0.2, 0) is 11.3 Å². The van der Waals surface area contributed by atoms with Gasteiger partial charge in [-0.2, -0.15) is 5.10 Å². The van der Waals surface area contributed by atoms with Crippen LogP contribution in [0.2, 0.25) is 0 Å². The van der Waals surface area contributed by atoms with E-state index in [9.17, 15) is 4.79 Å². The van der Waals surface area contributed by atoms with Gasteiger partial charge in [-0.15, -0.1) is 0 Å². The van der Waals surface area contributed by atoms with E-state index >= 15 is 0 Å². The van der Waals surface area contributed by atoms with Crippen LogP contribution in [0.4, 0.5) is 5.69 Å². The molecule has 0 unspecified atom stereocenters. The maximum atomic E-state index is 12.7. The summed E-state index contributed by atoms with van der Waals surface area (Å²) >= 11 is 0. The van der Waals surface area contributed by atoms with Gasteiger partial charge in [-0.05, 0) is 38.3 Å². The van der Waals surface area contributed by atoms with Gasteiger partial charge in [0.15, 0.2) is 5.69 Å². The predicted molar refractivity (Wildman–Crippen MR) is 106 cm³/mol. The summed E-state index contributed by atoms with van der Waals surface area (Å²) in [5.74, 6) is 0.199. The van der Waals surface area contributed by atoms with Crippen LogP contribution in [0.3, 0.4) is 0 Å². The molecule has 0 aromatic carbocycles. The summed E-state index contributed by atoms with van der Waals surface area (Å²) in [5, 5.41) is 17.2. The smallest absolute Gasteiger partial charge is 0.276 e. The van der Waals surface area contributed by atoms with Gasteiger partial charge < -0.3 is 20.2 Å². The molecular weight excluding hydrogens is 360 g/mol. The van der Waals surface area contributed by atoms with Crippen molar-refractivity contribution in [2.75, 3.05) is 32.1 Å². The molecule has 2 aromatic rings. The quantitative estimate of drug-likeness (QED) is 0.449. The fraction of sp³-hybridized carbons (Fsp3) is 0.474. The Bertz CT molecular complexity index is 816. The molecule has 2 heterocycles. The molecule has 1 aliphatic rings. The number of aromatic nitrogens is 3. The Morgan fingerprint density at radius 3 is 2.96 bits per heavy atom. The van der Waals surface area contributed by atoms with Crippen LogP contribution in [0.5, 0.6) is 5.88 Å². The molecule has 9 nitrogen and oxygen atoms in total. The third-order valence-electron chi connectivity index (χ3n) is 4.34. The summed E-state index contributed by atoms with van der Waals surface area (Å²) < 4.78 is 5.57. The van der Waals surface area contributed by atoms with E-state index in [2.05, 4.69) is 37.9 Å². The molecule has 0 radical (unpaired) electrons. The number of carbonyl (C=O) groups is 1. The Morgan fingerprint density at radius 1 is 1.32 bits per heavy atom. The molecule has 0 atom stereocenters. The first-order valence-electron chi connectivity index (χ1n) is 9.51. The number of oxime groups is 1. The van der Waals surface area contributed by atoms with E-state index in [1.807, 2.05) is 0 Å². The van der Waals surface area contributed by atoms with E-state index in [0.29, 0.717) is 23.9 Å². The van der Waals surface area contributed by atoms with Crippen molar-refractivity contribution in [1.82, 2.24) is 20.5 Å². The lowest BCUT2D eigenvalue weighted by atomic mass is 9.93. The molecule has 0 spiro atoms. The number of H-pyrrole nitrogens is 1. The molecule has 150 valence electrons. The van der Waals surface area contributed by atoms with Crippen LogP contribution in [0.1, 0.15) is 47.9 Å². The number of ether oxygens (including phenoxy) is 1. The molecule has 3 rings (SSSR count). The molecule has 0 aliphatic heterocycles. The molecule has 0 saturated heterocycles. The number of aromatic amines is 1. The fourth-order valence-electron chi connectivity index (χ4n) is 3.05. The number of pyridine rings is 1. The number of rotatable bonds is 9. The first-order valence-corrected chi connectivity index (χ1v) is 9.51. The summed E-state index contributed by atoms with van der Waals surface area (Å²) in [7, 11) is 1.50. The van der Waals surface area contributed by atoms with Crippen molar-refractivity contribution in [3.8, 4) is 5.88 Å². The lowest BCUT2D eigenvalue weighted by Gasteiger charge is -2.13. The molecule has 3 N–H and O–H groups in total. The first kappa shape index (κ1) is 19.8. The molecule has 0 bridgehead atoms.